The lowest BCUT2D eigenvalue weighted by atomic mass is 9.88. The molecule has 3 heterocycles. The van der Waals surface area contributed by atoms with Crippen molar-refractivity contribution >= 4 is 11.8 Å². The van der Waals surface area contributed by atoms with Gasteiger partial charge in [-0.15, -0.1) is 0 Å². The minimum absolute atomic E-state index is 0.0748. The number of nitrogens with one attached hydrogen (secondary N) is 2. The van der Waals surface area contributed by atoms with E-state index in [1.807, 2.05) is 18.2 Å². The second-order valence-electron chi connectivity index (χ2n) is 10.5. The van der Waals surface area contributed by atoms with Gasteiger partial charge in [0.05, 0.1) is 13.2 Å². The molecule has 2 amide bonds. The van der Waals surface area contributed by atoms with Gasteiger partial charge in [0, 0.05) is 35.8 Å². The summed E-state index contributed by atoms with van der Waals surface area (Å²) in [5, 5.41) is 6.57. The normalized spacial score (nSPS) is 29.2. The van der Waals surface area contributed by atoms with Crippen LogP contribution in [0.3, 0.4) is 0 Å². The number of hydrogen-bond acceptors (Lipinski definition) is 5. The third-order valence-electron chi connectivity index (χ3n) is 7.54. The number of ether oxygens (including phenoxy) is 2. The van der Waals surface area contributed by atoms with Crippen LogP contribution in [0, 0.1) is 5.41 Å². The minimum Gasteiger partial charge on any atom is -0.489 e. The van der Waals surface area contributed by atoms with Gasteiger partial charge in [-0.1, -0.05) is 26.3 Å². The van der Waals surface area contributed by atoms with Crippen molar-refractivity contribution in [3.05, 3.63) is 41.6 Å². The summed E-state index contributed by atoms with van der Waals surface area (Å²) in [5.41, 5.74) is 2.56. The molecule has 0 bridgehead atoms. The first-order valence-corrected chi connectivity index (χ1v) is 12.3. The summed E-state index contributed by atoms with van der Waals surface area (Å²) >= 11 is 0. The van der Waals surface area contributed by atoms with Gasteiger partial charge in [0.2, 0.25) is 5.91 Å². The molecule has 1 unspecified atom stereocenters. The maximum atomic E-state index is 13.0. The summed E-state index contributed by atoms with van der Waals surface area (Å²) < 4.78 is 11.9. The van der Waals surface area contributed by atoms with Gasteiger partial charge in [0.1, 0.15) is 17.9 Å². The highest BCUT2D eigenvalue weighted by molar-refractivity contribution is 6.01. The number of rotatable bonds is 6. The molecule has 0 aromatic heterocycles. The van der Waals surface area contributed by atoms with Crippen LogP contribution in [0.1, 0.15) is 67.8 Å². The quantitative estimate of drug-likeness (QED) is 0.647. The van der Waals surface area contributed by atoms with Crippen molar-refractivity contribution in [3.8, 4) is 5.75 Å². The summed E-state index contributed by atoms with van der Waals surface area (Å²) in [4.78, 5) is 27.1. The second-order valence-corrected chi connectivity index (χ2v) is 10.5. The molecule has 0 radical (unpaired) electrons. The van der Waals surface area contributed by atoms with Gasteiger partial charge >= 0.3 is 0 Å². The lowest BCUT2D eigenvalue weighted by molar-refractivity contribution is -0.126. The molecular weight excluding hydrogens is 418 g/mol. The van der Waals surface area contributed by atoms with Crippen LogP contribution in [-0.2, 0) is 16.1 Å². The number of amides is 2. The molecular formula is C26H35N3O4. The molecule has 3 aliphatic heterocycles. The highest BCUT2D eigenvalue weighted by Crippen LogP contribution is 2.32. The maximum absolute atomic E-state index is 13.0. The fraction of sp³-hybridized carbons (Fsp3) is 0.615. The van der Waals surface area contributed by atoms with Crippen LogP contribution in [0.2, 0.25) is 0 Å². The monoisotopic (exact) mass is 453 g/mol. The molecule has 1 aliphatic carbocycles. The van der Waals surface area contributed by atoms with E-state index >= 15 is 0 Å². The predicted molar refractivity (Wildman–Crippen MR) is 125 cm³/mol. The number of carbonyl (C=O) groups excluding carboxylic acids is 2. The molecule has 7 nitrogen and oxygen atoms in total. The fourth-order valence-corrected chi connectivity index (χ4v) is 5.46. The summed E-state index contributed by atoms with van der Waals surface area (Å²) in [6.45, 7) is 9.13. The number of allylic oxidation sites excluding steroid dienone is 1. The van der Waals surface area contributed by atoms with Crippen LogP contribution in [0.15, 0.2) is 30.5 Å². The van der Waals surface area contributed by atoms with Crippen molar-refractivity contribution < 1.29 is 19.1 Å². The van der Waals surface area contributed by atoms with Crippen LogP contribution < -0.4 is 15.4 Å². The SMILES string of the molecule is C=C1CCC(N2Cc3cc(O[C@H]4CCCCC[C@H]4NCC4(C)COC4)ccc3C2=O)C(=O)N1. The number of piperidine rings is 1. The Bertz CT molecular complexity index is 941. The Labute approximate surface area is 195 Å². The first-order chi connectivity index (χ1) is 15.9. The van der Waals surface area contributed by atoms with Crippen LogP contribution in [-0.4, -0.2) is 54.7 Å². The Morgan fingerprint density at radius 1 is 1.21 bits per heavy atom. The van der Waals surface area contributed by atoms with E-state index < -0.39 is 6.04 Å². The Morgan fingerprint density at radius 2 is 2.03 bits per heavy atom. The Kier molecular flexibility index (Phi) is 6.18. The van der Waals surface area contributed by atoms with Gasteiger partial charge in [-0.3, -0.25) is 9.59 Å². The topological polar surface area (TPSA) is 79.9 Å². The zero-order chi connectivity index (χ0) is 23.0. The first kappa shape index (κ1) is 22.4. The van der Waals surface area contributed by atoms with Gasteiger partial charge < -0.3 is 25.0 Å². The third kappa shape index (κ3) is 4.66. The number of nitrogens with zero attached hydrogens (tertiary/aromatic N) is 1. The van der Waals surface area contributed by atoms with E-state index in [1.54, 1.807) is 4.90 Å². The van der Waals surface area contributed by atoms with E-state index in [9.17, 15) is 9.59 Å². The predicted octanol–water partition coefficient (Wildman–Crippen LogP) is 3.14. The largest absolute Gasteiger partial charge is 0.489 e. The van der Waals surface area contributed by atoms with Crippen LogP contribution in [0.4, 0.5) is 0 Å². The molecule has 33 heavy (non-hydrogen) atoms. The summed E-state index contributed by atoms with van der Waals surface area (Å²) in [5.74, 6) is 0.595. The van der Waals surface area contributed by atoms with Gasteiger partial charge in [0.15, 0.2) is 0 Å². The average molecular weight is 454 g/mol. The summed E-state index contributed by atoms with van der Waals surface area (Å²) in [6.07, 6.45) is 7.19. The molecule has 178 valence electrons. The lowest BCUT2D eigenvalue weighted by Crippen LogP contribution is -2.52. The molecule has 5 rings (SSSR count). The standard InChI is InChI=1S/C26H35N3O4/c1-17-8-11-22(24(30)28-17)29-13-18-12-19(9-10-20(18)25(29)31)33-23-7-5-3-4-6-21(23)27-14-26(2)15-32-16-26/h9-10,12,21-23,27H,1,3-8,11,13-16H2,2H3,(H,28,30)/t21-,22?,23+/m1/s1. The molecule has 0 spiro atoms. The van der Waals surface area contributed by atoms with Gasteiger partial charge in [-0.05, 0) is 55.9 Å². The minimum atomic E-state index is -0.438. The van der Waals surface area contributed by atoms with Crippen molar-refractivity contribution in [1.29, 1.82) is 0 Å². The zero-order valence-electron chi connectivity index (χ0n) is 19.5. The molecule has 4 aliphatic rings. The zero-order valence-corrected chi connectivity index (χ0v) is 19.5. The van der Waals surface area contributed by atoms with Gasteiger partial charge in [0.25, 0.3) is 5.91 Å². The number of carbonyl (C=O) groups is 2. The summed E-state index contributed by atoms with van der Waals surface area (Å²) in [7, 11) is 0. The lowest BCUT2D eigenvalue weighted by Gasteiger charge is -2.40. The molecule has 2 saturated heterocycles. The van der Waals surface area contributed by atoms with Crippen molar-refractivity contribution in [2.75, 3.05) is 19.8 Å². The molecule has 2 N–H and O–H groups in total. The van der Waals surface area contributed by atoms with E-state index in [-0.39, 0.29) is 23.3 Å². The van der Waals surface area contributed by atoms with Crippen LogP contribution in [0.5, 0.6) is 5.75 Å². The van der Waals surface area contributed by atoms with E-state index in [0.717, 1.165) is 49.6 Å². The Morgan fingerprint density at radius 3 is 2.79 bits per heavy atom. The van der Waals surface area contributed by atoms with Crippen molar-refractivity contribution in [2.45, 2.75) is 76.6 Å². The van der Waals surface area contributed by atoms with E-state index in [1.165, 1.54) is 19.3 Å². The first-order valence-electron chi connectivity index (χ1n) is 12.3. The molecule has 7 heteroatoms. The van der Waals surface area contributed by atoms with E-state index in [4.69, 9.17) is 9.47 Å². The van der Waals surface area contributed by atoms with E-state index in [0.29, 0.717) is 31.0 Å². The van der Waals surface area contributed by atoms with Crippen molar-refractivity contribution in [1.82, 2.24) is 15.5 Å². The average Bonchev–Trinajstić information content (AvgIpc) is 2.93. The maximum Gasteiger partial charge on any atom is 0.255 e. The smallest absolute Gasteiger partial charge is 0.255 e. The molecule has 3 atom stereocenters. The van der Waals surface area contributed by atoms with Crippen LogP contribution in [0.25, 0.3) is 0 Å². The van der Waals surface area contributed by atoms with Crippen molar-refractivity contribution in [2.24, 2.45) is 5.41 Å². The summed E-state index contributed by atoms with van der Waals surface area (Å²) in [6, 6.07) is 5.64. The van der Waals surface area contributed by atoms with Gasteiger partial charge in [-0.25, -0.2) is 0 Å². The van der Waals surface area contributed by atoms with Crippen LogP contribution >= 0.6 is 0 Å². The number of fused-ring (bicyclic) bond motifs is 1. The number of benzene rings is 1. The van der Waals surface area contributed by atoms with Crippen molar-refractivity contribution in [3.63, 3.8) is 0 Å². The Hall–Kier alpha value is -2.38. The highest BCUT2D eigenvalue weighted by atomic mass is 16.5. The molecule has 1 aromatic rings. The Balaban J connectivity index is 1.26. The third-order valence-corrected chi connectivity index (χ3v) is 7.54. The second kappa shape index (κ2) is 9.11. The van der Waals surface area contributed by atoms with Gasteiger partial charge in [-0.2, -0.15) is 0 Å². The molecule has 3 fully saturated rings. The fourth-order valence-electron chi connectivity index (χ4n) is 5.46. The molecule has 1 aromatic carbocycles. The molecule has 1 saturated carbocycles. The number of hydrogen-bond donors (Lipinski definition) is 2. The van der Waals surface area contributed by atoms with E-state index in [2.05, 4.69) is 24.1 Å². The highest BCUT2D eigenvalue weighted by Gasteiger charge is 2.39.